The molecule has 0 aliphatic rings. The zero-order chi connectivity index (χ0) is 15.0. The second-order valence-electron chi connectivity index (χ2n) is 5.41. The lowest BCUT2D eigenvalue weighted by Gasteiger charge is -2.19. The van der Waals surface area contributed by atoms with Gasteiger partial charge in [0.2, 0.25) is 5.91 Å². The first-order valence-corrected chi connectivity index (χ1v) is 7.33. The molecule has 4 heteroatoms. The quantitative estimate of drug-likeness (QED) is 0.765. The van der Waals surface area contributed by atoms with Gasteiger partial charge in [-0.05, 0) is 24.1 Å². The fourth-order valence-electron chi connectivity index (χ4n) is 1.82. The summed E-state index contributed by atoms with van der Waals surface area (Å²) in [5, 5.41) is 6.27. The van der Waals surface area contributed by atoms with E-state index in [0.29, 0.717) is 12.6 Å². The fraction of sp³-hybridized carbons (Fsp3) is 0.562. The molecule has 2 N–H and O–H groups in total. The predicted molar refractivity (Wildman–Crippen MR) is 85.0 cm³/mol. The van der Waals surface area contributed by atoms with Crippen LogP contribution in [0.2, 0.25) is 0 Å². The Balaban J connectivity index is 2.48. The molecule has 0 bridgehead atoms. The Labute approximate surface area is 122 Å². The molecule has 0 aromatic heterocycles. The van der Waals surface area contributed by atoms with Crippen LogP contribution in [-0.2, 0) is 11.3 Å². The van der Waals surface area contributed by atoms with Crippen molar-refractivity contribution in [1.82, 2.24) is 10.6 Å². The first-order valence-electron chi connectivity index (χ1n) is 7.33. The lowest BCUT2D eigenvalue weighted by Crippen LogP contribution is -2.35. The van der Waals surface area contributed by atoms with Crippen LogP contribution in [0, 0.1) is 0 Å². The Morgan fingerprint density at radius 1 is 1.25 bits per heavy atom. The van der Waals surface area contributed by atoms with Crippen molar-refractivity contribution in [1.29, 1.82) is 0 Å². The second kappa shape index (κ2) is 8.59. The lowest BCUT2D eigenvalue weighted by atomic mass is 10.2. The Kier molecular flexibility index (Phi) is 7.09. The third kappa shape index (κ3) is 6.06. The van der Waals surface area contributed by atoms with Gasteiger partial charge in [-0.15, -0.1) is 0 Å². The minimum atomic E-state index is 0.0694. The van der Waals surface area contributed by atoms with Crippen LogP contribution < -0.4 is 15.5 Å². The highest BCUT2D eigenvalue weighted by Gasteiger charge is 2.06. The fourth-order valence-corrected chi connectivity index (χ4v) is 1.82. The zero-order valence-corrected chi connectivity index (χ0v) is 13.1. The smallest absolute Gasteiger partial charge is 0.239 e. The Bertz CT molecular complexity index is 401. The van der Waals surface area contributed by atoms with Crippen LogP contribution in [0.25, 0.3) is 0 Å². The molecule has 0 spiro atoms. The normalized spacial score (nSPS) is 10.7. The number of anilines is 1. The molecule has 0 fully saturated rings. The summed E-state index contributed by atoms with van der Waals surface area (Å²) < 4.78 is 0. The summed E-state index contributed by atoms with van der Waals surface area (Å²) in [6.45, 7) is 8.33. The van der Waals surface area contributed by atoms with Crippen LogP contribution in [0.15, 0.2) is 24.3 Å². The molecule has 4 nitrogen and oxygen atoms in total. The Morgan fingerprint density at radius 2 is 1.90 bits per heavy atom. The molecule has 112 valence electrons. The van der Waals surface area contributed by atoms with Crippen LogP contribution >= 0.6 is 0 Å². The SMILES string of the molecule is CCCNC(=O)CN(C)c1ccc(CNC(C)C)cc1. The molecule has 0 saturated heterocycles. The van der Waals surface area contributed by atoms with E-state index in [4.69, 9.17) is 0 Å². The van der Waals surface area contributed by atoms with Crippen molar-refractivity contribution < 1.29 is 4.79 Å². The van der Waals surface area contributed by atoms with Gasteiger partial charge >= 0.3 is 0 Å². The predicted octanol–water partition coefficient (Wildman–Crippen LogP) is 2.15. The van der Waals surface area contributed by atoms with Crippen LogP contribution in [0.3, 0.4) is 0 Å². The van der Waals surface area contributed by atoms with Crippen molar-refractivity contribution in [3.63, 3.8) is 0 Å². The molecule has 1 aromatic rings. The maximum absolute atomic E-state index is 11.7. The molecule has 0 unspecified atom stereocenters. The van der Waals surface area contributed by atoms with E-state index in [9.17, 15) is 4.79 Å². The standard InChI is InChI=1S/C16H27N3O/c1-5-10-17-16(20)12-19(4)15-8-6-14(7-9-15)11-18-13(2)3/h6-9,13,18H,5,10-12H2,1-4H3,(H,17,20). The van der Waals surface area contributed by atoms with Gasteiger partial charge < -0.3 is 15.5 Å². The van der Waals surface area contributed by atoms with Gasteiger partial charge in [-0.3, -0.25) is 4.79 Å². The van der Waals surface area contributed by atoms with Gasteiger partial charge in [0.25, 0.3) is 0 Å². The maximum atomic E-state index is 11.7. The molecule has 0 heterocycles. The van der Waals surface area contributed by atoms with E-state index < -0.39 is 0 Å². The average Bonchev–Trinajstić information content (AvgIpc) is 2.43. The summed E-state index contributed by atoms with van der Waals surface area (Å²) in [7, 11) is 1.94. The number of amides is 1. The number of carbonyl (C=O) groups excluding carboxylic acids is 1. The first kappa shape index (κ1) is 16.5. The third-order valence-corrected chi connectivity index (χ3v) is 3.04. The van der Waals surface area contributed by atoms with Crippen molar-refractivity contribution in [2.45, 2.75) is 39.8 Å². The summed E-state index contributed by atoms with van der Waals surface area (Å²) >= 11 is 0. The summed E-state index contributed by atoms with van der Waals surface area (Å²) in [6, 6.07) is 8.81. The van der Waals surface area contributed by atoms with Gasteiger partial charge in [0.15, 0.2) is 0 Å². The molecule has 1 aromatic carbocycles. The number of rotatable bonds is 8. The summed E-state index contributed by atoms with van der Waals surface area (Å²) in [5.74, 6) is 0.0694. The van der Waals surface area contributed by atoms with E-state index in [2.05, 4.69) is 48.7 Å². The number of carbonyl (C=O) groups is 1. The highest BCUT2D eigenvalue weighted by atomic mass is 16.2. The molecular formula is C16H27N3O. The van der Waals surface area contributed by atoms with Crippen molar-refractivity contribution in [3.05, 3.63) is 29.8 Å². The van der Waals surface area contributed by atoms with Crippen LogP contribution in [0.5, 0.6) is 0 Å². The van der Waals surface area contributed by atoms with Crippen molar-refractivity contribution in [3.8, 4) is 0 Å². The molecule has 1 rings (SSSR count). The topological polar surface area (TPSA) is 44.4 Å². The average molecular weight is 277 g/mol. The van der Waals surface area contributed by atoms with Crippen molar-refractivity contribution in [2.75, 3.05) is 25.0 Å². The molecule has 0 radical (unpaired) electrons. The van der Waals surface area contributed by atoms with E-state index >= 15 is 0 Å². The third-order valence-electron chi connectivity index (χ3n) is 3.04. The summed E-state index contributed by atoms with van der Waals surface area (Å²) in [6.07, 6.45) is 0.965. The minimum Gasteiger partial charge on any atom is -0.365 e. The van der Waals surface area contributed by atoms with E-state index in [-0.39, 0.29) is 5.91 Å². The summed E-state index contributed by atoms with van der Waals surface area (Å²) in [4.78, 5) is 13.6. The number of benzene rings is 1. The van der Waals surface area contributed by atoms with Gasteiger partial charge in [0, 0.05) is 31.9 Å². The first-order chi connectivity index (χ1) is 9.52. The van der Waals surface area contributed by atoms with Gasteiger partial charge in [-0.25, -0.2) is 0 Å². The number of hydrogen-bond acceptors (Lipinski definition) is 3. The van der Waals surface area contributed by atoms with Crippen molar-refractivity contribution in [2.24, 2.45) is 0 Å². The molecule has 20 heavy (non-hydrogen) atoms. The molecule has 0 atom stereocenters. The number of likely N-dealkylation sites (N-methyl/N-ethyl adjacent to an activating group) is 1. The largest absolute Gasteiger partial charge is 0.365 e. The zero-order valence-electron chi connectivity index (χ0n) is 13.1. The molecule has 0 aliphatic heterocycles. The highest BCUT2D eigenvalue weighted by Crippen LogP contribution is 2.13. The Hall–Kier alpha value is -1.55. The number of nitrogens with zero attached hydrogens (tertiary/aromatic N) is 1. The van der Waals surface area contributed by atoms with Gasteiger partial charge in [0.1, 0.15) is 0 Å². The van der Waals surface area contributed by atoms with Gasteiger partial charge in [-0.1, -0.05) is 32.9 Å². The van der Waals surface area contributed by atoms with E-state index in [1.165, 1.54) is 5.56 Å². The minimum absolute atomic E-state index is 0.0694. The van der Waals surface area contributed by atoms with Crippen LogP contribution in [0.1, 0.15) is 32.8 Å². The van der Waals surface area contributed by atoms with Gasteiger partial charge in [0.05, 0.1) is 6.54 Å². The van der Waals surface area contributed by atoms with E-state index in [1.807, 2.05) is 18.9 Å². The monoisotopic (exact) mass is 277 g/mol. The van der Waals surface area contributed by atoms with E-state index in [1.54, 1.807) is 0 Å². The molecule has 1 amide bonds. The Morgan fingerprint density at radius 3 is 2.45 bits per heavy atom. The molecular weight excluding hydrogens is 250 g/mol. The maximum Gasteiger partial charge on any atom is 0.239 e. The second-order valence-corrected chi connectivity index (χ2v) is 5.41. The highest BCUT2D eigenvalue weighted by molar-refractivity contribution is 5.81. The van der Waals surface area contributed by atoms with Crippen LogP contribution in [0.4, 0.5) is 5.69 Å². The number of hydrogen-bond donors (Lipinski definition) is 2. The van der Waals surface area contributed by atoms with E-state index in [0.717, 1.165) is 25.2 Å². The molecule has 0 aliphatic carbocycles. The number of nitrogens with one attached hydrogen (secondary N) is 2. The van der Waals surface area contributed by atoms with Gasteiger partial charge in [-0.2, -0.15) is 0 Å². The van der Waals surface area contributed by atoms with Crippen LogP contribution in [-0.4, -0.2) is 32.1 Å². The van der Waals surface area contributed by atoms with Crippen molar-refractivity contribution >= 4 is 11.6 Å². The summed E-state index contributed by atoms with van der Waals surface area (Å²) in [5.41, 5.74) is 2.32. The molecule has 0 saturated carbocycles. The lowest BCUT2D eigenvalue weighted by molar-refractivity contribution is -0.119.